The van der Waals surface area contributed by atoms with E-state index >= 15 is 0 Å². The number of carbonyl (C=O) groups is 2. The second-order valence-corrected chi connectivity index (χ2v) is 7.25. The first-order valence-electron chi connectivity index (χ1n) is 8.55. The minimum atomic E-state index is -0.932. The summed E-state index contributed by atoms with van der Waals surface area (Å²) >= 11 is 0. The molecule has 1 amide bonds. The number of carbonyl (C=O) groups excluding carboxylic acids is 1. The van der Waals surface area contributed by atoms with Gasteiger partial charge in [0.15, 0.2) is 5.76 Å². The molecule has 2 aliphatic rings. The summed E-state index contributed by atoms with van der Waals surface area (Å²) < 4.78 is 5.28. The van der Waals surface area contributed by atoms with Crippen molar-refractivity contribution in [3.05, 3.63) is 17.5 Å². The third-order valence-electron chi connectivity index (χ3n) is 5.49. The molecular formula is C17H25N3O4. The topological polar surface area (TPSA) is 86.9 Å². The summed E-state index contributed by atoms with van der Waals surface area (Å²) in [6.45, 7) is 6.70. The van der Waals surface area contributed by atoms with Gasteiger partial charge in [0.1, 0.15) is 6.04 Å². The number of piperidine rings is 2. The number of rotatable bonds is 4. The Hall–Kier alpha value is -1.89. The molecule has 0 bridgehead atoms. The van der Waals surface area contributed by atoms with Crippen LogP contribution in [0.5, 0.6) is 0 Å². The Morgan fingerprint density at radius 1 is 1.42 bits per heavy atom. The van der Waals surface area contributed by atoms with Crippen LogP contribution < -0.4 is 0 Å². The summed E-state index contributed by atoms with van der Waals surface area (Å²) in [7, 11) is 0. The maximum Gasteiger partial charge on any atom is 0.326 e. The fourth-order valence-electron chi connectivity index (χ4n) is 3.84. The zero-order valence-corrected chi connectivity index (χ0v) is 14.3. The summed E-state index contributed by atoms with van der Waals surface area (Å²) in [4.78, 5) is 27.3. The molecule has 1 unspecified atom stereocenters. The monoisotopic (exact) mass is 335 g/mol. The first kappa shape index (κ1) is 17.0. The normalized spacial score (nSPS) is 22.8. The minimum absolute atomic E-state index is 0.0323. The van der Waals surface area contributed by atoms with E-state index in [-0.39, 0.29) is 11.3 Å². The van der Waals surface area contributed by atoms with Gasteiger partial charge in [-0.05, 0) is 51.6 Å². The molecule has 0 radical (unpaired) electrons. The second kappa shape index (κ2) is 6.55. The number of hydrogen-bond acceptors (Lipinski definition) is 5. The largest absolute Gasteiger partial charge is 0.480 e. The third kappa shape index (κ3) is 3.45. The smallest absolute Gasteiger partial charge is 0.326 e. The van der Waals surface area contributed by atoms with Gasteiger partial charge in [0.2, 0.25) is 5.91 Å². The molecule has 2 aliphatic heterocycles. The minimum Gasteiger partial charge on any atom is -0.480 e. The van der Waals surface area contributed by atoms with Crippen molar-refractivity contribution in [2.45, 2.75) is 52.1 Å². The lowest BCUT2D eigenvalue weighted by atomic mass is 9.72. The SMILES string of the molecule is Cc1cc(CN2CCC3(CCC(=O)N(C(C)C(=O)O)C3)CC2)on1. The molecule has 7 nitrogen and oxygen atoms in total. The highest BCUT2D eigenvalue weighted by Crippen LogP contribution is 2.41. The van der Waals surface area contributed by atoms with Gasteiger partial charge in [0, 0.05) is 19.0 Å². The first-order valence-corrected chi connectivity index (χ1v) is 8.55. The van der Waals surface area contributed by atoms with Crippen LogP contribution in [-0.2, 0) is 16.1 Å². The molecule has 2 saturated heterocycles. The molecular weight excluding hydrogens is 310 g/mol. The van der Waals surface area contributed by atoms with E-state index < -0.39 is 12.0 Å². The lowest BCUT2D eigenvalue weighted by Gasteiger charge is -2.48. The van der Waals surface area contributed by atoms with Crippen molar-refractivity contribution in [2.24, 2.45) is 5.41 Å². The van der Waals surface area contributed by atoms with Gasteiger partial charge in [0.05, 0.1) is 12.2 Å². The molecule has 2 fully saturated rings. The van der Waals surface area contributed by atoms with E-state index in [9.17, 15) is 14.7 Å². The summed E-state index contributed by atoms with van der Waals surface area (Å²) in [5, 5.41) is 13.1. The van der Waals surface area contributed by atoms with Gasteiger partial charge in [-0.25, -0.2) is 4.79 Å². The van der Waals surface area contributed by atoms with E-state index in [0.29, 0.717) is 13.0 Å². The van der Waals surface area contributed by atoms with Crippen molar-refractivity contribution >= 4 is 11.9 Å². The van der Waals surface area contributed by atoms with Crippen LogP contribution in [0, 0.1) is 12.3 Å². The van der Waals surface area contributed by atoms with Gasteiger partial charge in [-0.15, -0.1) is 0 Å². The second-order valence-electron chi connectivity index (χ2n) is 7.25. The van der Waals surface area contributed by atoms with Crippen LogP contribution in [0.1, 0.15) is 44.1 Å². The van der Waals surface area contributed by atoms with Crippen LogP contribution >= 0.6 is 0 Å². The summed E-state index contributed by atoms with van der Waals surface area (Å²) in [5.74, 6) is -0.0861. The van der Waals surface area contributed by atoms with Crippen LogP contribution in [0.3, 0.4) is 0 Å². The van der Waals surface area contributed by atoms with Crippen LogP contribution in [0.15, 0.2) is 10.6 Å². The summed E-state index contributed by atoms with van der Waals surface area (Å²) in [5.41, 5.74) is 0.952. The molecule has 132 valence electrons. The highest BCUT2D eigenvalue weighted by atomic mass is 16.5. The number of hydrogen-bond donors (Lipinski definition) is 1. The average molecular weight is 335 g/mol. The standard InChI is InChI=1S/C17H25N3O4/c1-12-9-14(24-18-12)10-19-7-5-17(6-8-19)4-3-15(21)20(11-17)13(2)16(22)23/h9,13H,3-8,10-11H2,1-2H3,(H,22,23). The zero-order chi connectivity index (χ0) is 17.3. The molecule has 3 heterocycles. The van der Waals surface area contributed by atoms with Gasteiger partial charge in [-0.1, -0.05) is 5.16 Å². The molecule has 1 N–H and O–H groups in total. The molecule has 1 aromatic rings. The Kier molecular flexibility index (Phi) is 4.62. The van der Waals surface area contributed by atoms with Crippen molar-refractivity contribution in [1.82, 2.24) is 15.0 Å². The van der Waals surface area contributed by atoms with E-state index in [0.717, 1.165) is 50.4 Å². The Morgan fingerprint density at radius 2 is 2.12 bits per heavy atom. The van der Waals surface area contributed by atoms with Crippen molar-refractivity contribution in [3.8, 4) is 0 Å². The van der Waals surface area contributed by atoms with E-state index in [1.54, 1.807) is 11.8 Å². The van der Waals surface area contributed by atoms with Gasteiger partial charge in [-0.2, -0.15) is 0 Å². The number of aryl methyl sites for hydroxylation is 1. The fourth-order valence-corrected chi connectivity index (χ4v) is 3.84. The Balaban J connectivity index is 1.60. The lowest BCUT2D eigenvalue weighted by Crippen LogP contribution is -2.55. The quantitative estimate of drug-likeness (QED) is 0.900. The number of nitrogens with zero attached hydrogens (tertiary/aromatic N) is 3. The van der Waals surface area contributed by atoms with Gasteiger partial charge in [-0.3, -0.25) is 9.69 Å². The molecule has 1 spiro atoms. The molecule has 0 aromatic carbocycles. The number of aromatic nitrogens is 1. The van der Waals surface area contributed by atoms with Gasteiger partial charge in [0.25, 0.3) is 0 Å². The van der Waals surface area contributed by atoms with Crippen LogP contribution in [0.4, 0.5) is 0 Å². The van der Waals surface area contributed by atoms with Crippen LogP contribution in [0.25, 0.3) is 0 Å². The van der Waals surface area contributed by atoms with Crippen LogP contribution in [-0.4, -0.2) is 57.6 Å². The lowest BCUT2D eigenvalue weighted by molar-refractivity contribution is -0.155. The number of carboxylic acid groups (broad SMARTS) is 1. The number of aliphatic carboxylic acids is 1. The molecule has 24 heavy (non-hydrogen) atoms. The van der Waals surface area contributed by atoms with E-state index in [1.165, 1.54) is 0 Å². The Labute approximate surface area is 141 Å². The Morgan fingerprint density at radius 3 is 2.71 bits per heavy atom. The summed E-state index contributed by atoms with van der Waals surface area (Å²) in [6, 6.07) is 1.21. The molecule has 1 atom stereocenters. The molecule has 3 rings (SSSR count). The number of amides is 1. The molecule has 1 aromatic heterocycles. The Bertz CT molecular complexity index is 619. The van der Waals surface area contributed by atoms with Crippen molar-refractivity contribution in [3.63, 3.8) is 0 Å². The van der Waals surface area contributed by atoms with Gasteiger partial charge < -0.3 is 14.5 Å². The van der Waals surface area contributed by atoms with E-state index in [2.05, 4.69) is 10.1 Å². The predicted molar refractivity (Wildman–Crippen MR) is 86.2 cm³/mol. The third-order valence-corrected chi connectivity index (χ3v) is 5.49. The van der Waals surface area contributed by atoms with E-state index in [4.69, 9.17) is 4.52 Å². The molecule has 0 saturated carbocycles. The van der Waals surface area contributed by atoms with E-state index in [1.807, 2.05) is 13.0 Å². The van der Waals surface area contributed by atoms with Gasteiger partial charge >= 0.3 is 5.97 Å². The van der Waals surface area contributed by atoms with Crippen LogP contribution in [0.2, 0.25) is 0 Å². The van der Waals surface area contributed by atoms with Crippen molar-refractivity contribution in [2.75, 3.05) is 19.6 Å². The molecule has 7 heteroatoms. The highest BCUT2D eigenvalue weighted by molar-refractivity contribution is 5.84. The maximum atomic E-state index is 12.1. The highest BCUT2D eigenvalue weighted by Gasteiger charge is 2.43. The zero-order valence-electron chi connectivity index (χ0n) is 14.3. The number of carboxylic acids is 1. The van der Waals surface area contributed by atoms with Crippen molar-refractivity contribution in [1.29, 1.82) is 0 Å². The van der Waals surface area contributed by atoms with Crippen molar-refractivity contribution < 1.29 is 19.2 Å². The molecule has 0 aliphatic carbocycles. The number of likely N-dealkylation sites (tertiary alicyclic amines) is 2. The maximum absolute atomic E-state index is 12.1. The predicted octanol–water partition coefficient (Wildman–Crippen LogP) is 1.66. The fraction of sp³-hybridized carbons (Fsp3) is 0.706. The summed E-state index contributed by atoms with van der Waals surface area (Å²) in [6.07, 6.45) is 3.29. The average Bonchev–Trinajstić information content (AvgIpc) is 2.96. The first-order chi connectivity index (χ1) is 11.4.